The number of H-pyrrole nitrogens is 2. The van der Waals surface area contributed by atoms with Gasteiger partial charge in [-0.25, -0.2) is 19.6 Å². The fraction of sp³-hybridized carbons (Fsp3) is 0.231. The molecule has 14 nitrogen and oxygen atoms in total. The standard InChI is InChI=1S/C78H78N8O6/c1-9-55-47(5)71-69(59-37-25-27-39-61(59)83-75(87)67(41-51-29-17-13-18-30-51)85-77(89)91-45-53-33-21-15-22-34-53)72-49(7)57(11-3)65(81-72)44-66-58(12-4)50(8)74(82-66)70(73-48(6)56(10-2)64(80-73)43-63(55)79-71)60-38-26-28-40-62(60)84-76(88)68(42-52-31-19-14-20-32-52)86-78(90)92-46-54-35-23-16-24-36-54/h13-40,43-44,67-68,79,82H,9-12,41-42,45-46H2,1-8H3,(H,83,87)(H,84,88)(H,85,89)(H,86,90)/t67-,68-/m0/s1. The maximum atomic E-state index is 15.0. The summed E-state index contributed by atoms with van der Waals surface area (Å²) in [7, 11) is 0. The van der Waals surface area contributed by atoms with Crippen LogP contribution in [0.2, 0.25) is 0 Å². The van der Waals surface area contributed by atoms with Crippen LogP contribution in [0.15, 0.2) is 182 Å². The Bertz CT molecular complexity index is 4190. The molecule has 0 radical (unpaired) electrons. The smallest absolute Gasteiger partial charge is 0.408 e. The maximum Gasteiger partial charge on any atom is 0.408 e. The second-order valence-corrected chi connectivity index (χ2v) is 23.4. The molecule has 466 valence electrons. The zero-order valence-electron chi connectivity index (χ0n) is 53.5. The number of amides is 4. The lowest BCUT2D eigenvalue weighted by atomic mass is 9.94. The van der Waals surface area contributed by atoms with Crippen LogP contribution in [0.3, 0.4) is 0 Å². The SMILES string of the molecule is CCC1=C(C)c2nc1cc1[nH]c(c(C)c1CC)c(-c1ccccc1NC(=O)[C@H](Cc1ccccc1)NC(=O)OCc1ccccc1)c1nc(cc3[nH]c(c(C)c3CC)c2-c2ccccc2NC(=O)[C@H](Cc2ccccc2)NC(=O)OCc2ccccc2)C(CC)=C1C. The molecule has 14 heteroatoms. The van der Waals surface area contributed by atoms with Gasteiger partial charge in [-0.15, -0.1) is 0 Å². The van der Waals surface area contributed by atoms with Gasteiger partial charge in [0.05, 0.1) is 33.8 Å². The van der Waals surface area contributed by atoms with Crippen molar-refractivity contribution >= 4 is 79.7 Å². The van der Waals surface area contributed by atoms with Crippen LogP contribution in [0, 0.1) is 13.8 Å². The number of benzene rings is 6. The minimum atomic E-state index is -1.00. The summed E-state index contributed by atoms with van der Waals surface area (Å²) < 4.78 is 11.4. The van der Waals surface area contributed by atoms with Gasteiger partial charge in [-0.1, -0.05) is 185 Å². The molecule has 0 aliphatic carbocycles. The molecule has 0 saturated carbocycles. The van der Waals surface area contributed by atoms with Gasteiger partial charge in [-0.05, 0) is 144 Å². The number of nitrogens with one attached hydrogen (secondary N) is 6. The fourth-order valence-corrected chi connectivity index (χ4v) is 12.8. The lowest BCUT2D eigenvalue weighted by Crippen LogP contribution is -2.45. The van der Waals surface area contributed by atoms with Crippen LogP contribution in [0.25, 0.3) is 66.6 Å². The molecule has 0 fully saturated rings. The number of hydrogen-bond acceptors (Lipinski definition) is 8. The van der Waals surface area contributed by atoms with Gasteiger partial charge in [0.25, 0.3) is 0 Å². The first kappa shape index (κ1) is 63.0. The van der Waals surface area contributed by atoms with E-state index in [0.29, 0.717) is 37.1 Å². The lowest BCUT2D eigenvalue weighted by molar-refractivity contribution is -0.118. The summed E-state index contributed by atoms with van der Waals surface area (Å²) >= 11 is 0. The summed E-state index contributed by atoms with van der Waals surface area (Å²) in [6.45, 7) is 17.2. The van der Waals surface area contributed by atoms with Crippen LogP contribution < -0.4 is 21.3 Å². The molecule has 6 aromatic carbocycles. The molecule has 0 spiro atoms. The topological polar surface area (TPSA) is 192 Å². The molecule has 4 amide bonds. The Morgan fingerprint density at radius 1 is 0.435 bits per heavy atom. The van der Waals surface area contributed by atoms with Crippen LogP contribution in [-0.4, -0.2) is 56.0 Å². The number of aromatic nitrogens is 4. The van der Waals surface area contributed by atoms with E-state index in [4.69, 9.17) is 19.4 Å². The molecule has 8 bridgehead atoms. The van der Waals surface area contributed by atoms with Crippen molar-refractivity contribution in [1.82, 2.24) is 30.6 Å². The number of hydrogen-bond donors (Lipinski definition) is 6. The summed E-state index contributed by atoms with van der Waals surface area (Å²) in [5.41, 5.74) is 22.5. The molecule has 9 aromatic rings. The minimum Gasteiger partial charge on any atom is -0.445 e. The first-order valence-corrected chi connectivity index (χ1v) is 31.8. The summed E-state index contributed by atoms with van der Waals surface area (Å²) in [5, 5.41) is 12.4. The number of carbonyl (C=O) groups is 4. The number of ether oxygens (including phenoxy) is 2. The normalized spacial score (nSPS) is 12.7. The number of alkyl carbamates (subject to hydrolysis) is 2. The lowest BCUT2D eigenvalue weighted by Gasteiger charge is -2.20. The fourth-order valence-electron chi connectivity index (χ4n) is 12.8. The van der Waals surface area contributed by atoms with Crippen LogP contribution in [-0.2, 0) is 58.0 Å². The number of rotatable bonds is 20. The van der Waals surface area contributed by atoms with Crippen LogP contribution in [0.1, 0.15) is 122 Å². The third-order valence-corrected chi connectivity index (χ3v) is 17.6. The second kappa shape index (κ2) is 28.5. The average molecular weight is 1220 g/mol. The molecular weight excluding hydrogens is 1140 g/mol. The molecule has 0 unspecified atom stereocenters. The zero-order chi connectivity index (χ0) is 64.4. The molecule has 92 heavy (non-hydrogen) atoms. The molecule has 2 aliphatic heterocycles. The molecule has 11 rings (SSSR count). The first-order valence-electron chi connectivity index (χ1n) is 31.8. The van der Waals surface area contributed by atoms with E-state index in [1.54, 1.807) is 0 Å². The van der Waals surface area contributed by atoms with Crippen molar-refractivity contribution in [2.24, 2.45) is 0 Å². The van der Waals surface area contributed by atoms with Crippen LogP contribution in [0.5, 0.6) is 0 Å². The Morgan fingerprint density at radius 3 is 1.12 bits per heavy atom. The highest BCUT2D eigenvalue weighted by Crippen LogP contribution is 2.46. The maximum absolute atomic E-state index is 15.0. The van der Waals surface area contributed by atoms with E-state index >= 15 is 0 Å². The van der Waals surface area contributed by atoms with Gasteiger partial charge in [0, 0.05) is 57.5 Å². The van der Waals surface area contributed by atoms with E-state index in [1.165, 1.54) is 0 Å². The van der Waals surface area contributed by atoms with E-state index in [0.717, 1.165) is 134 Å². The summed E-state index contributed by atoms with van der Waals surface area (Å²) in [4.78, 5) is 76.3. The number of anilines is 2. The molecule has 2 atom stereocenters. The van der Waals surface area contributed by atoms with Gasteiger partial charge >= 0.3 is 12.2 Å². The molecule has 6 N–H and O–H groups in total. The average Bonchev–Trinajstić information content (AvgIpc) is 1.59. The van der Waals surface area contributed by atoms with Gasteiger partial charge in [0.15, 0.2) is 0 Å². The van der Waals surface area contributed by atoms with E-state index in [2.05, 4.69) is 98.8 Å². The number of para-hydroxylation sites is 2. The number of nitrogens with zero attached hydrogens (tertiary/aromatic N) is 2. The van der Waals surface area contributed by atoms with Crippen LogP contribution >= 0.6 is 0 Å². The highest BCUT2D eigenvalue weighted by Gasteiger charge is 2.30. The Morgan fingerprint density at radius 2 is 0.772 bits per heavy atom. The van der Waals surface area contributed by atoms with Crippen molar-refractivity contribution in [2.75, 3.05) is 10.6 Å². The van der Waals surface area contributed by atoms with Gasteiger partial charge in [-0.2, -0.15) is 0 Å². The predicted molar refractivity (Wildman–Crippen MR) is 370 cm³/mol. The quantitative estimate of drug-likeness (QED) is 0.0434. The Kier molecular flexibility index (Phi) is 19.5. The Hall–Kier alpha value is -10.6. The summed E-state index contributed by atoms with van der Waals surface area (Å²) in [6, 6.07) is 56.0. The third kappa shape index (κ3) is 13.6. The van der Waals surface area contributed by atoms with Crippen molar-refractivity contribution in [3.05, 3.63) is 249 Å². The van der Waals surface area contributed by atoms with Crippen molar-refractivity contribution in [3.63, 3.8) is 0 Å². The van der Waals surface area contributed by atoms with Gasteiger partial charge < -0.3 is 40.7 Å². The van der Waals surface area contributed by atoms with E-state index in [9.17, 15) is 19.2 Å². The molecule has 5 heterocycles. The molecular formula is C78H78N8O6. The summed E-state index contributed by atoms with van der Waals surface area (Å²) in [6.07, 6.45) is 1.73. The van der Waals surface area contributed by atoms with Gasteiger partial charge in [0.2, 0.25) is 11.8 Å². The second-order valence-electron chi connectivity index (χ2n) is 23.4. The highest BCUT2D eigenvalue weighted by molar-refractivity contribution is 6.09. The van der Waals surface area contributed by atoms with E-state index in [-0.39, 0.29) is 26.1 Å². The van der Waals surface area contributed by atoms with Crippen LogP contribution in [0.4, 0.5) is 21.0 Å². The highest BCUT2D eigenvalue weighted by atomic mass is 16.6. The number of aromatic amines is 2. The van der Waals surface area contributed by atoms with Gasteiger partial charge in [-0.3, -0.25) is 9.59 Å². The van der Waals surface area contributed by atoms with E-state index < -0.39 is 36.1 Å². The Labute approximate surface area is 537 Å². The van der Waals surface area contributed by atoms with Crippen molar-refractivity contribution < 1.29 is 28.7 Å². The minimum absolute atomic E-state index is 0.0449. The van der Waals surface area contributed by atoms with Crippen molar-refractivity contribution in [3.8, 4) is 22.3 Å². The number of aryl methyl sites for hydroxylation is 4. The van der Waals surface area contributed by atoms with E-state index in [1.807, 2.05) is 170 Å². The van der Waals surface area contributed by atoms with Crippen molar-refractivity contribution in [1.29, 1.82) is 0 Å². The number of carbonyl (C=O) groups excluding carboxylic acids is 4. The largest absolute Gasteiger partial charge is 0.445 e. The third-order valence-electron chi connectivity index (χ3n) is 17.6. The van der Waals surface area contributed by atoms with Crippen molar-refractivity contribution in [2.45, 2.75) is 119 Å². The monoisotopic (exact) mass is 1220 g/mol. The molecule has 0 saturated heterocycles. The Balaban J connectivity index is 1.07. The predicted octanol–water partition coefficient (Wildman–Crippen LogP) is 17.0. The summed E-state index contributed by atoms with van der Waals surface area (Å²) in [5.74, 6) is -0.831. The first-order chi connectivity index (χ1) is 44.7. The molecule has 2 aliphatic rings. The number of fused-ring (bicyclic) bond motifs is 8. The van der Waals surface area contributed by atoms with Gasteiger partial charge in [0.1, 0.15) is 25.3 Å². The molecule has 3 aromatic heterocycles. The number of allylic oxidation sites excluding steroid dienone is 4. The zero-order valence-corrected chi connectivity index (χ0v) is 53.5.